The molecule has 2 aliphatic rings. The topological polar surface area (TPSA) is 279 Å². The van der Waals surface area contributed by atoms with Gasteiger partial charge in [-0.25, -0.2) is 0 Å². The highest BCUT2D eigenvalue weighted by Gasteiger charge is 2.55. The third-order valence-electron chi connectivity index (χ3n) is 5.24. The lowest BCUT2D eigenvalue weighted by Gasteiger charge is -2.45. The van der Waals surface area contributed by atoms with E-state index in [4.69, 9.17) is 19.7 Å². The average molecular weight is 484 g/mol. The van der Waals surface area contributed by atoms with Crippen molar-refractivity contribution in [1.82, 2.24) is 10.6 Å². The summed E-state index contributed by atoms with van der Waals surface area (Å²) in [6.45, 7) is 1.49. The molecule has 2 aliphatic heterocycles. The molecule has 190 valence electrons. The van der Waals surface area contributed by atoms with E-state index < -0.39 is 97.7 Å². The minimum Gasteiger partial charge on any atom is -0.394 e. The molecule has 0 aromatic rings. The Bertz CT molecular complexity index is 749. The zero-order chi connectivity index (χ0) is 25.3. The van der Waals surface area contributed by atoms with Crippen molar-refractivity contribution in [3.63, 3.8) is 0 Å². The van der Waals surface area contributed by atoms with Gasteiger partial charge in [-0.3, -0.25) is 14.9 Å². The van der Waals surface area contributed by atoms with Gasteiger partial charge in [-0.1, -0.05) is 6.58 Å². The van der Waals surface area contributed by atoms with Gasteiger partial charge in [0.2, 0.25) is 5.91 Å². The Morgan fingerprint density at radius 1 is 0.758 bits per heavy atom. The fraction of sp³-hybridized carbons (Fsp3) is 0.765. The summed E-state index contributed by atoms with van der Waals surface area (Å²) in [5, 5.41) is 101. The van der Waals surface area contributed by atoms with Gasteiger partial charge >= 0.3 is 0 Å². The van der Waals surface area contributed by atoms with E-state index in [1.165, 1.54) is 0 Å². The molecule has 16 nitrogen and oxygen atoms in total. The molecular weight excluding hydrogens is 456 g/mol. The number of ether oxygens (including phenoxy) is 2. The van der Waals surface area contributed by atoms with E-state index in [1.807, 2.05) is 0 Å². The summed E-state index contributed by atoms with van der Waals surface area (Å²) < 4.78 is 9.69. The summed E-state index contributed by atoms with van der Waals surface area (Å²) in [5.41, 5.74) is -0.605. The van der Waals surface area contributed by atoms with Crippen molar-refractivity contribution in [2.45, 2.75) is 67.1 Å². The predicted molar refractivity (Wildman–Crippen MR) is 99.9 cm³/mol. The molecule has 0 saturated carbocycles. The molecule has 2 unspecified atom stereocenters. The molecule has 2 saturated heterocycles. The monoisotopic (exact) mass is 484 g/mol. The third kappa shape index (κ3) is 5.48. The van der Waals surface area contributed by atoms with Gasteiger partial charge in [0.05, 0.1) is 19.6 Å². The lowest BCUT2D eigenvalue weighted by atomic mass is 9.96. The van der Waals surface area contributed by atoms with Gasteiger partial charge in [-0.2, -0.15) is 0 Å². The summed E-state index contributed by atoms with van der Waals surface area (Å²) in [6, 6.07) is 0. The minimum absolute atomic E-state index is 0.605. The van der Waals surface area contributed by atoms with E-state index in [2.05, 4.69) is 6.58 Å². The molecular formula is C17H28N2O14. The van der Waals surface area contributed by atoms with Crippen molar-refractivity contribution in [3.8, 4) is 0 Å². The Morgan fingerprint density at radius 3 is 1.55 bits per heavy atom. The fourth-order valence-electron chi connectivity index (χ4n) is 3.28. The van der Waals surface area contributed by atoms with Crippen molar-refractivity contribution in [2.24, 2.45) is 0 Å². The molecule has 2 rings (SSSR count). The molecule has 12 N–H and O–H groups in total. The molecule has 2 fully saturated rings. The van der Waals surface area contributed by atoms with Gasteiger partial charge in [-0.05, 0) is 0 Å². The normalized spacial score (nSPS) is 43.6. The molecule has 33 heavy (non-hydrogen) atoms. The number of carbonyl (C=O) groups is 2. The molecule has 0 aromatic heterocycles. The van der Waals surface area contributed by atoms with Crippen LogP contribution in [0.15, 0.2) is 12.2 Å². The maximum atomic E-state index is 12.3. The van der Waals surface area contributed by atoms with Gasteiger partial charge in [0.1, 0.15) is 36.6 Å². The quantitative estimate of drug-likeness (QED) is 0.118. The van der Waals surface area contributed by atoms with Gasteiger partial charge < -0.3 is 65.9 Å². The summed E-state index contributed by atoms with van der Waals surface area (Å²) >= 11 is 0. The smallest absolute Gasteiger partial charge is 0.279 e. The first-order valence-corrected chi connectivity index (χ1v) is 9.62. The van der Waals surface area contributed by atoms with Crippen LogP contribution in [0.25, 0.3) is 0 Å². The highest BCUT2D eigenvalue weighted by Crippen LogP contribution is 2.28. The number of carbonyl (C=O) groups excluding carboxylic acids is 2. The van der Waals surface area contributed by atoms with E-state index in [1.54, 1.807) is 10.6 Å². The Morgan fingerprint density at radius 2 is 1.15 bits per heavy atom. The maximum Gasteiger partial charge on any atom is 0.279 e. The zero-order valence-electron chi connectivity index (χ0n) is 17.1. The van der Waals surface area contributed by atoms with Gasteiger partial charge in [0.15, 0.2) is 12.2 Å². The molecule has 2 heterocycles. The number of hydrogen-bond acceptors (Lipinski definition) is 14. The van der Waals surface area contributed by atoms with Crippen molar-refractivity contribution < 1.29 is 70.1 Å². The molecule has 0 bridgehead atoms. The Balaban J connectivity index is 2.03. The number of amides is 2. The van der Waals surface area contributed by atoms with Crippen molar-refractivity contribution in [3.05, 3.63) is 12.2 Å². The summed E-state index contributed by atoms with van der Waals surface area (Å²) in [7, 11) is 0. The van der Waals surface area contributed by atoms with Crippen LogP contribution >= 0.6 is 0 Å². The van der Waals surface area contributed by atoms with Crippen LogP contribution in [0.4, 0.5) is 0 Å². The average Bonchev–Trinajstić information content (AvgIpc) is 2.76. The highest BCUT2D eigenvalue weighted by atomic mass is 16.7. The Kier molecular flexibility index (Phi) is 8.50. The van der Waals surface area contributed by atoms with E-state index in [0.29, 0.717) is 0 Å². The van der Waals surface area contributed by atoms with Crippen molar-refractivity contribution >= 4 is 11.8 Å². The number of aliphatic hydroxyl groups excluding tert-OH is 8. The van der Waals surface area contributed by atoms with Crippen LogP contribution in [-0.2, 0) is 19.1 Å². The molecule has 0 radical (unpaired) electrons. The van der Waals surface area contributed by atoms with E-state index in [0.717, 1.165) is 0 Å². The van der Waals surface area contributed by atoms with Gasteiger partial charge in [0.25, 0.3) is 17.7 Å². The molecule has 2 amide bonds. The van der Waals surface area contributed by atoms with Crippen LogP contribution in [0.5, 0.6) is 0 Å². The standard InChI is InChI=1S/C17H28N2O14/c1-5(15(29)19-17(31)14(28)12(26)10(24)7(4-21)33-17)2-8(22)18-16(30)13(27)11(25)9(23)6(3-20)32-16/h6-7,9-14,20-21,23-28,30-31H,1-4H2,(H,18,22)(H,19,29)/t6-,7-,9-,10-,11+,12+,13-,14-,16?,17?/m1/s1. The van der Waals surface area contributed by atoms with Gasteiger partial charge in [-0.15, -0.1) is 0 Å². The SMILES string of the molecule is C=C(CC(=O)NC1(O)O[C@H](CO)[C@@H](O)[C@H](O)[C@H]1O)C(=O)NC1(O)O[C@H](CO)[C@@H](O)[C@H](O)[C@H]1O. The molecule has 0 aromatic carbocycles. The number of hydrogen-bond donors (Lipinski definition) is 12. The highest BCUT2D eigenvalue weighted by molar-refractivity contribution is 5.98. The third-order valence-corrected chi connectivity index (χ3v) is 5.24. The second kappa shape index (κ2) is 10.2. The molecule has 16 heteroatoms. The van der Waals surface area contributed by atoms with Crippen LogP contribution < -0.4 is 10.6 Å². The maximum absolute atomic E-state index is 12.3. The van der Waals surface area contributed by atoms with E-state index in [9.17, 15) is 50.4 Å². The number of aliphatic hydroxyl groups is 10. The Hall–Kier alpha value is -1.80. The molecule has 0 spiro atoms. The van der Waals surface area contributed by atoms with E-state index >= 15 is 0 Å². The zero-order valence-corrected chi connectivity index (χ0v) is 17.1. The molecule has 0 aliphatic carbocycles. The first kappa shape index (κ1) is 27.4. The fourth-order valence-corrected chi connectivity index (χ4v) is 3.28. The second-order valence-corrected chi connectivity index (χ2v) is 7.71. The second-order valence-electron chi connectivity index (χ2n) is 7.71. The number of nitrogens with one attached hydrogen (secondary N) is 2. The Labute approximate surface area is 185 Å². The van der Waals surface area contributed by atoms with Crippen LogP contribution in [0.1, 0.15) is 6.42 Å². The largest absolute Gasteiger partial charge is 0.394 e. The van der Waals surface area contributed by atoms with E-state index in [-0.39, 0.29) is 0 Å². The molecule has 10 atom stereocenters. The number of rotatable bonds is 7. The van der Waals surface area contributed by atoms with Gasteiger partial charge in [0, 0.05) is 5.57 Å². The van der Waals surface area contributed by atoms with Crippen LogP contribution in [-0.4, -0.2) is 137 Å². The van der Waals surface area contributed by atoms with Crippen LogP contribution in [0, 0.1) is 0 Å². The summed E-state index contributed by atoms with van der Waals surface area (Å²) in [4.78, 5) is 24.5. The minimum atomic E-state index is -2.99. The summed E-state index contributed by atoms with van der Waals surface area (Å²) in [5.74, 6) is -8.46. The lowest BCUT2D eigenvalue weighted by molar-refractivity contribution is -0.358. The first-order valence-electron chi connectivity index (χ1n) is 9.62. The first-order chi connectivity index (χ1) is 15.2. The van der Waals surface area contributed by atoms with Crippen molar-refractivity contribution in [1.29, 1.82) is 0 Å². The van der Waals surface area contributed by atoms with Crippen molar-refractivity contribution in [2.75, 3.05) is 13.2 Å². The van der Waals surface area contributed by atoms with Crippen LogP contribution in [0.3, 0.4) is 0 Å². The lowest BCUT2D eigenvalue weighted by Crippen LogP contribution is -2.71. The predicted octanol–water partition coefficient (Wildman–Crippen LogP) is -7.60. The van der Waals surface area contributed by atoms with Crippen LogP contribution in [0.2, 0.25) is 0 Å². The summed E-state index contributed by atoms with van der Waals surface area (Å²) in [6.07, 6.45) is -16.2.